The number of hydrogen-bond donors (Lipinski definition) is 3. The van der Waals surface area contributed by atoms with Crippen molar-refractivity contribution in [3.05, 3.63) is 27.7 Å². The summed E-state index contributed by atoms with van der Waals surface area (Å²) >= 11 is 11.8. The maximum atomic E-state index is 12.2. The van der Waals surface area contributed by atoms with Crippen LogP contribution >= 0.6 is 23.2 Å². The highest BCUT2D eigenvalue weighted by molar-refractivity contribution is 7.89. The van der Waals surface area contributed by atoms with Crippen molar-refractivity contribution in [1.29, 1.82) is 0 Å². The Morgan fingerprint density at radius 3 is 2.52 bits per heavy atom. The van der Waals surface area contributed by atoms with Crippen LogP contribution in [0.4, 0.5) is 0 Å². The van der Waals surface area contributed by atoms with Crippen molar-refractivity contribution in [2.75, 3.05) is 13.2 Å². The third-order valence-electron chi connectivity index (χ3n) is 2.85. The SMILES string of the molecule is O=C(NCCO)c1cc(S(=O)(=O)NC2CC2)c(Cl)cc1Cl. The van der Waals surface area contributed by atoms with Crippen LogP contribution in [0.5, 0.6) is 0 Å². The molecule has 1 aliphatic rings. The van der Waals surface area contributed by atoms with E-state index in [-0.39, 0.29) is 39.7 Å². The molecule has 0 atom stereocenters. The number of amides is 1. The zero-order chi connectivity index (χ0) is 15.6. The first-order valence-electron chi connectivity index (χ1n) is 6.25. The highest BCUT2D eigenvalue weighted by atomic mass is 35.5. The number of nitrogens with one attached hydrogen (secondary N) is 2. The number of carbonyl (C=O) groups excluding carboxylic acids is 1. The van der Waals surface area contributed by atoms with Crippen molar-refractivity contribution in [3.8, 4) is 0 Å². The van der Waals surface area contributed by atoms with Crippen molar-refractivity contribution in [2.24, 2.45) is 0 Å². The molecule has 0 unspecified atom stereocenters. The summed E-state index contributed by atoms with van der Waals surface area (Å²) < 4.78 is 26.9. The molecule has 1 fully saturated rings. The molecule has 1 saturated carbocycles. The fourth-order valence-electron chi connectivity index (χ4n) is 1.66. The van der Waals surface area contributed by atoms with E-state index in [4.69, 9.17) is 28.3 Å². The van der Waals surface area contributed by atoms with Gasteiger partial charge in [0.05, 0.1) is 22.2 Å². The summed E-state index contributed by atoms with van der Waals surface area (Å²) in [6.45, 7) is -0.189. The minimum atomic E-state index is -3.79. The molecular weight excluding hydrogens is 339 g/mol. The highest BCUT2D eigenvalue weighted by Crippen LogP contribution is 2.30. The van der Waals surface area contributed by atoms with Gasteiger partial charge in [-0.05, 0) is 25.0 Å². The molecule has 0 spiro atoms. The molecule has 0 bridgehead atoms. The number of rotatable bonds is 6. The molecule has 0 radical (unpaired) electrons. The second-order valence-electron chi connectivity index (χ2n) is 4.64. The number of aliphatic hydroxyl groups is 1. The van der Waals surface area contributed by atoms with Crippen molar-refractivity contribution in [3.63, 3.8) is 0 Å². The quantitative estimate of drug-likeness (QED) is 0.715. The fraction of sp³-hybridized carbons (Fsp3) is 0.417. The molecule has 2 rings (SSSR count). The average Bonchev–Trinajstić information content (AvgIpc) is 3.18. The van der Waals surface area contributed by atoms with Gasteiger partial charge in [-0.25, -0.2) is 13.1 Å². The van der Waals surface area contributed by atoms with Gasteiger partial charge in [0, 0.05) is 12.6 Å². The summed E-state index contributed by atoms with van der Waals surface area (Å²) in [6.07, 6.45) is 1.57. The third-order valence-corrected chi connectivity index (χ3v) is 5.15. The van der Waals surface area contributed by atoms with Crippen LogP contribution in [0, 0.1) is 0 Å². The predicted molar refractivity (Wildman–Crippen MR) is 79.2 cm³/mol. The van der Waals surface area contributed by atoms with Crippen LogP contribution in [0.1, 0.15) is 23.2 Å². The number of sulfonamides is 1. The van der Waals surface area contributed by atoms with E-state index in [1.54, 1.807) is 0 Å². The molecule has 116 valence electrons. The van der Waals surface area contributed by atoms with E-state index in [1.165, 1.54) is 6.07 Å². The first-order chi connectivity index (χ1) is 9.85. The van der Waals surface area contributed by atoms with E-state index in [2.05, 4.69) is 10.0 Å². The molecule has 1 aliphatic carbocycles. The van der Waals surface area contributed by atoms with Gasteiger partial charge in [0.1, 0.15) is 4.90 Å². The summed E-state index contributed by atoms with van der Waals surface area (Å²) in [5, 5.41) is 11.1. The Hall–Kier alpha value is -0.860. The number of halogens is 2. The summed E-state index contributed by atoms with van der Waals surface area (Å²) in [5.74, 6) is -0.575. The molecule has 1 amide bonds. The highest BCUT2D eigenvalue weighted by Gasteiger charge is 2.30. The average molecular weight is 353 g/mol. The van der Waals surface area contributed by atoms with Crippen LogP contribution in [0.2, 0.25) is 10.0 Å². The van der Waals surface area contributed by atoms with Crippen LogP contribution in [-0.4, -0.2) is 38.6 Å². The van der Waals surface area contributed by atoms with Crippen molar-refractivity contribution in [2.45, 2.75) is 23.8 Å². The molecule has 6 nitrogen and oxygen atoms in total. The van der Waals surface area contributed by atoms with Crippen LogP contribution in [0.25, 0.3) is 0 Å². The van der Waals surface area contributed by atoms with E-state index in [1.807, 2.05) is 0 Å². The Balaban J connectivity index is 2.35. The van der Waals surface area contributed by atoms with Gasteiger partial charge < -0.3 is 10.4 Å². The topological polar surface area (TPSA) is 95.5 Å². The van der Waals surface area contributed by atoms with Gasteiger partial charge in [-0.1, -0.05) is 23.2 Å². The Kier molecular flexibility index (Phi) is 5.11. The minimum absolute atomic E-state index is 0.00862. The third kappa shape index (κ3) is 4.08. The van der Waals surface area contributed by atoms with E-state index in [0.29, 0.717) is 0 Å². The molecular formula is C12H14Cl2N2O4S. The lowest BCUT2D eigenvalue weighted by Gasteiger charge is -2.11. The molecule has 0 saturated heterocycles. The first kappa shape index (κ1) is 16.5. The molecule has 3 N–H and O–H groups in total. The van der Waals surface area contributed by atoms with E-state index in [9.17, 15) is 13.2 Å². The van der Waals surface area contributed by atoms with Gasteiger partial charge in [0.2, 0.25) is 10.0 Å². The maximum Gasteiger partial charge on any atom is 0.252 e. The van der Waals surface area contributed by atoms with Gasteiger partial charge in [-0.3, -0.25) is 4.79 Å². The zero-order valence-corrected chi connectivity index (χ0v) is 13.2. The number of benzene rings is 1. The molecule has 1 aromatic rings. The largest absolute Gasteiger partial charge is 0.395 e. The monoisotopic (exact) mass is 352 g/mol. The number of hydrogen-bond acceptors (Lipinski definition) is 4. The zero-order valence-electron chi connectivity index (χ0n) is 10.9. The minimum Gasteiger partial charge on any atom is -0.395 e. The number of aliphatic hydroxyl groups excluding tert-OH is 1. The standard InChI is InChI=1S/C12H14Cl2N2O4S/c13-9-6-10(14)11(21(19,20)16-7-1-2-7)5-8(9)12(18)15-3-4-17/h5-7,16-17H,1-4H2,(H,15,18). The van der Waals surface area contributed by atoms with Gasteiger partial charge >= 0.3 is 0 Å². The lowest BCUT2D eigenvalue weighted by Crippen LogP contribution is -2.28. The van der Waals surface area contributed by atoms with E-state index < -0.39 is 15.9 Å². The maximum absolute atomic E-state index is 12.2. The van der Waals surface area contributed by atoms with Crippen LogP contribution < -0.4 is 10.0 Å². The number of carbonyl (C=O) groups is 1. The van der Waals surface area contributed by atoms with Gasteiger partial charge in [-0.2, -0.15) is 0 Å². The molecule has 21 heavy (non-hydrogen) atoms. The van der Waals surface area contributed by atoms with E-state index >= 15 is 0 Å². The van der Waals surface area contributed by atoms with Crippen LogP contribution in [0.3, 0.4) is 0 Å². The van der Waals surface area contributed by atoms with Crippen LogP contribution in [-0.2, 0) is 10.0 Å². The lowest BCUT2D eigenvalue weighted by atomic mass is 10.2. The second-order valence-corrected chi connectivity index (χ2v) is 7.13. The predicted octanol–water partition coefficient (Wildman–Crippen LogP) is 1.16. The first-order valence-corrected chi connectivity index (χ1v) is 8.49. The molecule has 1 aromatic carbocycles. The van der Waals surface area contributed by atoms with Gasteiger partial charge in [-0.15, -0.1) is 0 Å². The normalized spacial score (nSPS) is 15.0. The van der Waals surface area contributed by atoms with Gasteiger partial charge in [0.15, 0.2) is 0 Å². The fourth-order valence-corrected chi connectivity index (χ4v) is 3.82. The summed E-state index contributed by atoms with van der Waals surface area (Å²) in [6, 6.07) is 2.29. The Bertz CT molecular complexity index is 659. The molecule has 9 heteroatoms. The van der Waals surface area contributed by atoms with Crippen molar-refractivity contribution in [1.82, 2.24) is 10.0 Å². The molecule has 0 aliphatic heterocycles. The second kappa shape index (κ2) is 6.50. The Morgan fingerprint density at radius 2 is 1.95 bits per heavy atom. The Morgan fingerprint density at radius 1 is 1.29 bits per heavy atom. The summed E-state index contributed by atoms with van der Waals surface area (Å²) in [4.78, 5) is 11.7. The smallest absolute Gasteiger partial charge is 0.252 e. The molecule has 0 heterocycles. The summed E-state index contributed by atoms with van der Waals surface area (Å²) in [5.41, 5.74) is -0.00862. The van der Waals surface area contributed by atoms with Crippen molar-refractivity contribution >= 4 is 39.1 Å². The lowest BCUT2D eigenvalue weighted by molar-refractivity contribution is 0.0944. The Labute approximate surface area is 132 Å². The summed E-state index contributed by atoms with van der Waals surface area (Å²) in [7, 11) is -3.79. The van der Waals surface area contributed by atoms with Gasteiger partial charge in [0.25, 0.3) is 5.91 Å². The van der Waals surface area contributed by atoms with Crippen molar-refractivity contribution < 1.29 is 18.3 Å². The van der Waals surface area contributed by atoms with Crippen LogP contribution in [0.15, 0.2) is 17.0 Å². The van der Waals surface area contributed by atoms with E-state index in [0.717, 1.165) is 18.9 Å². The molecule has 0 aromatic heterocycles.